The van der Waals surface area contributed by atoms with E-state index in [9.17, 15) is 4.79 Å². The second-order valence-corrected chi connectivity index (χ2v) is 7.28. The van der Waals surface area contributed by atoms with Gasteiger partial charge in [0.15, 0.2) is 5.96 Å². The third kappa shape index (κ3) is 7.13. The number of nitrogens with zero attached hydrogens (tertiary/aromatic N) is 2. The molecule has 7 heteroatoms. The van der Waals surface area contributed by atoms with Gasteiger partial charge in [0.2, 0.25) is 5.91 Å². The Balaban J connectivity index is 0.00000312. The molecule has 2 rings (SSSR count). The summed E-state index contributed by atoms with van der Waals surface area (Å²) >= 11 is 3.50. The first-order valence-electron chi connectivity index (χ1n) is 8.56. The van der Waals surface area contributed by atoms with Crippen molar-refractivity contribution < 1.29 is 4.79 Å². The summed E-state index contributed by atoms with van der Waals surface area (Å²) in [6.07, 6.45) is 2.59. The van der Waals surface area contributed by atoms with Crippen LogP contribution in [0.25, 0.3) is 0 Å². The van der Waals surface area contributed by atoms with Gasteiger partial charge in [0.25, 0.3) is 0 Å². The van der Waals surface area contributed by atoms with Crippen LogP contribution in [0.1, 0.15) is 37.3 Å². The molecule has 3 N–H and O–H groups in total. The molecule has 1 saturated heterocycles. The van der Waals surface area contributed by atoms with Crippen LogP contribution in [0.2, 0.25) is 0 Å². The Kier molecular flexibility index (Phi) is 9.78. The van der Waals surface area contributed by atoms with E-state index in [0.717, 1.165) is 42.9 Å². The largest absolute Gasteiger partial charge is 0.370 e. The molecular weight excluding hydrogens is 495 g/mol. The number of carbonyl (C=O) groups excluding carboxylic acids is 1. The molecule has 1 amide bonds. The first-order chi connectivity index (χ1) is 11.5. The van der Waals surface area contributed by atoms with Gasteiger partial charge in [0, 0.05) is 30.5 Å². The van der Waals surface area contributed by atoms with Crippen LogP contribution >= 0.6 is 39.9 Å². The minimum Gasteiger partial charge on any atom is -0.370 e. The second-order valence-electron chi connectivity index (χ2n) is 6.37. The molecule has 1 aromatic rings. The van der Waals surface area contributed by atoms with Gasteiger partial charge in [0.1, 0.15) is 0 Å². The molecule has 1 aliphatic rings. The second kappa shape index (κ2) is 11.0. The maximum absolute atomic E-state index is 11.2. The van der Waals surface area contributed by atoms with Crippen LogP contribution in [-0.4, -0.2) is 36.4 Å². The first kappa shape index (κ1) is 22.2. The number of likely N-dealkylation sites (tertiary alicyclic amines) is 1. The number of benzene rings is 1. The van der Waals surface area contributed by atoms with E-state index in [-0.39, 0.29) is 29.9 Å². The number of aliphatic imine (C=N–C) groups is 1. The number of piperidine rings is 1. The number of guanidine groups is 1. The van der Waals surface area contributed by atoms with Crippen LogP contribution in [0, 0.1) is 12.8 Å². The van der Waals surface area contributed by atoms with Gasteiger partial charge in [-0.3, -0.25) is 4.79 Å². The molecule has 25 heavy (non-hydrogen) atoms. The van der Waals surface area contributed by atoms with Crippen molar-refractivity contribution in [3.05, 3.63) is 33.8 Å². The van der Waals surface area contributed by atoms with Crippen molar-refractivity contribution in [3.8, 4) is 0 Å². The van der Waals surface area contributed by atoms with Gasteiger partial charge in [-0.1, -0.05) is 22.0 Å². The van der Waals surface area contributed by atoms with Crippen LogP contribution in [0.3, 0.4) is 0 Å². The lowest BCUT2D eigenvalue weighted by molar-refractivity contribution is -0.119. The zero-order valence-corrected chi connectivity index (χ0v) is 18.8. The fourth-order valence-corrected chi connectivity index (χ4v) is 3.61. The van der Waals surface area contributed by atoms with Crippen LogP contribution in [0.15, 0.2) is 27.7 Å². The molecule has 1 aliphatic heterocycles. The van der Waals surface area contributed by atoms with E-state index in [1.54, 1.807) is 0 Å². The number of rotatable bonds is 5. The normalized spacial score (nSPS) is 17.8. The number of aryl methyl sites for hydroxylation is 1. The maximum atomic E-state index is 11.2. The van der Waals surface area contributed by atoms with Crippen molar-refractivity contribution in [2.45, 2.75) is 39.7 Å². The Bertz CT molecular complexity index is 609. The lowest BCUT2D eigenvalue weighted by Crippen LogP contribution is -2.47. The average molecular weight is 523 g/mol. The first-order valence-corrected chi connectivity index (χ1v) is 9.35. The minimum atomic E-state index is -0.214. The highest BCUT2D eigenvalue weighted by Gasteiger charge is 2.23. The molecule has 1 fully saturated rings. The zero-order chi connectivity index (χ0) is 17.5. The Morgan fingerprint density at radius 3 is 2.88 bits per heavy atom. The third-order valence-electron chi connectivity index (χ3n) is 4.35. The van der Waals surface area contributed by atoms with E-state index in [1.165, 1.54) is 11.1 Å². The van der Waals surface area contributed by atoms with Gasteiger partial charge in [-0.05, 0) is 55.9 Å². The highest BCUT2D eigenvalue weighted by atomic mass is 127. The highest BCUT2D eigenvalue weighted by Crippen LogP contribution is 2.20. The molecule has 5 nitrogen and oxygen atoms in total. The van der Waals surface area contributed by atoms with E-state index in [4.69, 9.17) is 10.7 Å². The molecule has 1 aromatic carbocycles. The molecule has 0 saturated carbocycles. The molecule has 0 aromatic heterocycles. The molecule has 0 bridgehead atoms. The predicted molar refractivity (Wildman–Crippen MR) is 117 cm³/mol. The Labute approximate surface area is 176 Å². The quantitative estimate of drug-likeness (QED) is 0.353. The van der Waals surface area contributed by atoms with E-state index in [1.807, 2.05) is 0 Å². The fraction of sp³-hybridized carbons (Fsp3) is 0.556. The summed E-state index contributed by atoms with van der Waals surface area (Å²) in [5.41, 5.74) is 7.81. The van der Waals surface area contributed by atoms with Crippen molar-refractivity contribution in [1.82, 2.24) is 10.2 Å². The molecule has 1 atom stereocenters. The van der Waals surface area contributed by atoms with Crippen molar-refractivity contribution in [2.75, 3.05) is 19.6 Å². The molecule has 140 valence electrons. The molecule has 1 heterocycles. The average Bonchev–Trinajstić information content (AvgIpc) is 2.52. The van der Waals surface area contributed by atoms with Gasteiger partial charge in [-0.2, -0.15) is 0 Å². The standard InChI is InChI=1S/C18H27BrN4O.HI/c1-3-21-18(22-11-15-6-7-16(19)9-13(15)2)23-8-4-5-14(12-23)10-17(20)24;/h6-7,9,14H,3-5,8,10-12H2,1-2H3,(H2,20,24)(H,21,22);1H. The lowest BCUT2D eigenvalue weighted by Gasteiger charge is -2.34. The summed E-state index contributed by atoms with van der Waals surface area (Å²) in [5, 5.41) is 3.38. The van der Waals surface area contributed by atoms with Gasteiger partial charge in [0.05, 0.1) is 6.54 Å². The molecular formula is C18H28BrIN4O. The Morgan fingerprint density at radius 2 is 2.24 bits per heavy atom. The number of amides is 1. The lowest BCUT2D eigenvalue weighted by atomic mass is 9.95. The molecule has 1 unspecified atom stereocenters. The zero-order valence-electron chi connectivity index (χ0n) is 14.9. The van der Waals surface area contributed by atoms with E-state index < -0.39 is 0 Å². The number of hydrogen-bond acceptors (Lipinski definition) is 2. The number of nitrogens with two attached hydrogens (primary N) is 1. The maximum Gasteiger partial charge on any atom is 0.217 e. The van der Waals surface area contributed by atoms with Crippen molar-refractivity contribution in [2.24, 2.45) is 16.6 Å². The summed E-state index contributed by atoms with van der Waals surface area (Å²) in [4.78, 5) is 18.3. The number of nitrogens with one attached hydrogen (secondary N) is 1. The third-order valence-corrected chi connectivity index (χ3v) is 4.84. The summed E-state index contributed by atoms with van der Waals surface area (Å²) in [6.45, 7) is 7.47. The summed E-state index contributed by atoms with van der Waals surface area (Å²) in [7, 11) is 0. The van der Waals surface area contributed by atoms with E-state index in [0.29, 0.717) is 18.9 Å². The number of carbonyl (C=O) groups is 1. The number of primary amides is 1. The highest BCUT2D eigenvalue weighted by molar-refractivity contribution is 14.0. The van der Waals surface area contributed by atoms with Crippen molar-refractivity contribution in [1.29, 1.82) is 0 Å². The van der Waals surface area contributed by atoms with Gasteiger partial charge >= 0.3 is 0 Å². The van der Waals surface area contributed by atoms with Crippen LogP contribution < -0.4 is 11.1 Å². The fourth-order valence-electron chi connectivity index (χ4n) is 3.13. The predicted octanol–water partition coefficient (Wildman–Crippen LogP) is 3.43. The van der Waals surface area contributed by atoms with Gasteiger partial charge in [-0.25, -0.2) is 4.99 Å². The summed E-state index contributed by atoms with van der Waals surface area (Å²) < 4.78 is 1.09. The molecule has 0 radical (unpaired) electrons. The smallest absolute Gasteiger partial charge is 0.217 e. The van der Waals surface area contributed by atoms with E-state index in [2.05, 4.69) is 58.2 Å². The number of hydrogen-bond donors (Lipinski definition) is 2. The Hall–Kier alpha value is -0.830. The summed E-state index contributed by atoms with van der Waals surface area (Å²) in [6, 6.07) is 6.27. The van der Waals surface area contributed by atoms with Crippen LogP contribution in [0.5, 0.6) is 0 Å². The Morgan fingerprint density at radius 1 is 1.48 bits per heavy atom. The van der Waals surface area contributed by atoms with Gasteiger partial charge in [-0.15, -0.1) is 24.0 Å². The molecule has 0 aliphatic carbocycles. The van der Waals surface area contributed by atoms with E-state index >= 15 is 0 Å². The summed E-state index contributed by atoms with van der Waals surface area (Å²) in [5.74, 6) is 1.04. The van der Waals surface area contributed by atoms with Gasteiger partial charge < -0.3 is 16.0 Å². The van der Waals surface area contributed by atoms with Crippen LogP contribution in [0.4, 0.5) is 0 Å². The molecule has 0 spiro atoms. The van der Waals surface area contributed by atoms with Crippen LogP contribution in [-0.2, 0) is 11.3 Å². The monoisotopic (exact) mass is 522 g/mol. The van der Waals surface area contributed by atoms with Crippen molar-refractivity contribution in [3.63, 3.8) is 0 Å². The topological polar surface area (TPSA) is 70.7 Å². The SMILES string of the molecule is CCNC(=NCc1ccc(Br)cc1C)N1CCCC(CC(N)=O)C1.I. The van der Waals surface area contributed by atoms with Crippen molar-refractivity contribution >= 4 is 51.8 Å². The minimum absolute atomic E-state index is 0. The number of halogens is 2.